The lowest BCUT2D eigenvalue weighted by molar-refractivity contribution is 0.0939. The van der Waals surface area contributed by atoms with Gasteiger partial charge in [0, 0.05) is 24.6 Å². The zero-order valence-electron chi connectivity index (χ0n) is 11.8. The summed E-state index contributed by atoms with van der Waals surface area (Å²) in [6, 6.07) is 5.65. The van der Waals surface area contributed by atoms with Gasteiger partial charge in [0.25, 0.3) is 0 Å². The molecule has 4 heteroatoms. The maximum absolute atomic E-state index is 12.1. The summed E-state index contributed by atoms with van der Waals surface area (Å²) in [5, 5.41) is 0. The summed E-state index contributed by atoms with van der Waals surface area (Å²) in [4.78, 5) is 14.3. The molecule has 104 valence electrons. The first kappa shape index (κ1) is 13.9. The summed E-state index contributed by atoms with van der Waals surface area (Å²) in [7, 11) is 1.66. The van der Waals surface area contributed by atoms with Crippen molar-refractivity contribution in [2.45, 2.75) is 13.8 Å². The molecule has 0 unspecified atom stereocenters. The van der Waals surface area contributed by atoms with Gasteiger partial charge in [-0.2, -0.15) is 0 Å². The van der Waals surface area contributed by atoms with Crippen LogP contribution < -0.4 is 9.64 Å². The Hall–Kier alpha value is -1.55. The molecule has 0 saturated carbocycles. The highest BCUT2D eigenvalue weighted by atomic mass is 16.5. The summed E-state index contributed by atoms with van der Waals surface area (Å²) < 4.78 is 10.8. The van der Waals surface area contributed by atoms with E-state index in [1.807, 2.05) is 32.0 Å². The molecule has 1 aliphatic heterocycles. The molecule has 0 spiro atoms. The zero-order valence-corrected chi connectivity index (χ0v) is 11.8. The number of anilines is 1. The van der Waals surface area contributed by atoms with Crippen LogP contribution in [0.4, 0.5) is 5.69 Å². The van der Waals surface area contributed by atoms with E-state index >= 15 is 0 Å². The first-order valence-corrected chi connectivity index (χ1v) is 6.68. The highest BCUT2D eigenvalue weighted by Crippen LogP contribution is 2.30. The van der Waals surface area contributed by atoms with E-state index in [9.17, 15) is 4.79 Å². The molecule has 1 fully saturated rings. The number of rotatable bonds is 4. The van der Waals surface area contributed by atoms with Crippen LogP contribution in [0.1, 0.15) is 24.2 Å². The molecule has 4 nitrogen and oxygen atoms in total. The fraction of sp³-hybridized carbons (Fsp3) is 0.533. The van der Waals surface area contributed by atoms with E-state index in [1.165, 1.54) is 0 Å². The molecule has 1 aromatic rings. The molecule has 1 aromatic carbocycles. The molecule has 0 radical (unpaired) electrons. The van der Waals surface area contributed by atoms with E-state index in [0.717, 1.165) is 30.1 Å². The molecule has 0 bridgehead atoms. The van der Waals surface area contributed by atoms with Crippen LogP contribution in [0.25, 0.3) is 0 Å². The molecule has 2 rings (SSSR count). The van der Waals surface area contributed by atoms with E-state index in [2.05, 4.69) is 4.90 Å². The first-order chi connectivity index (χ1) is 9.13. The molecular weight excluding hydrogens is 242 g/mol. The van der Waals surface area contributed by atoms with Crippen molar-refractivity contribution < 1.29 is 14.3 Å². The number of benzene rings is 1. The first-order valence-electron chi connectivity index (χ1n) is 6.68. The molecule has 0 amide bonds. The molecule has 0 aromatic heterocycles. The lowest BCUT2D eigenvalue weighted by atomic mass is 10.00. The van der Waals surface area contributed by atoms with Crippen LogP contribution in [0.15, 0.2) is 18.2 Å². The number of ether oxygens (including phenoxy) is 2. The number of morpholine rings is 1. The van der Waals surface area contributed by atoms with Crippen LogP contribution in [0, 0.1) is 5.92 Å². The predicted molar refractivity (Wildman–Crippen MR) is 75.2 cm³/mol. The average Bonchev–Trinajstić information content (AvgIpc) is 2.46. The zero-order chi connectivity index (χ0) is 13.8. The van der Waals surface area contributed by atoms with E-state index in [4.69, 9.17) is 9.47 Å². The number of methoxy groups -OCH3 is 1. The van der Waals surface area contributed by atoms with Crippen LogP contribution in [0.2, 0.25) is 0 Å². The number of Topliss-reactive ketones (excluding diaryl/α,β-unsaturated/α-hetero) is 1. The van der Waals surface area contributed by atoms with Crippen molar-refractivity contribution in [1.29, 1.82) is 0 Å². The van der Waals surface area contributed by atoms with Crippen LogP contribution in [0.3, 0.4) is 0 Å². The molecule has 1 saturated heterocycles. The second kappa shape index (κ2) is 6.06. The van der Waals surface area contributed by atoms with Gasteiger partial charge in [-0.3, -0.25) is 4.79 Å². The Morgan fingerprint density at radius 2 is 2.00 bits per heavy atom. The van der Waals surface area contributed by atoms with Crippen LogP contribution >= 0.6 is 0 Å². The summed E-state index contributed by atoms with van der Waals surface area (Å²) in [6.45, 7) is 6.92. The van der Waals surface area contributed by atoms with Gasteiger partial charge in [0.15, 0.2) is 5.78 Å². The van der Waals surface area contributed by atoms with Crippen molar-refractivity contribution in [2.75, 3.05) is 38.3 Å². The highest BCUT2D eigenvalue weighted by molar-refractivity contribution is 5.98. The molecular formula is C15H21NO3. The van der Waals surface area contributed by atoms with Crippen LogP contribution in [-0.4, -0.2) is 39.2 Å². The van der Waals surface area contributed by atoms with Gasteiger partial charge in [0.2, 0.25) is 0 Å². The smallest absolute Gasteiger partial charge is 0.165 e. The number of ketones is 1. The standard InChI is InChI=1S/C15H21NO3/c1-11(2)15(17)12-4-5-14(18-3)13(10-12)16-6-8-19-9-7-16/h4-5,10-11H,6-9H2,1-3H3. The third-order valence-electron chi connectivity index (χ3n) is 3.34. The Balaban J connectivity index is 2.33. The number of nitrogens with zero attached hydrogens (tertiary/aromatic N) is 1. The summed E-state index contributed by atoms with van der Waals surface area (Å²) in [5.41, 5.74) is 1.73. The van der Waals surface area contributed by atoms with Crippen molar-refractivity contribution >= 4 is 11.5 Å². The third-order valence-corrected chi connectivity index (χ3v) is 3.34. The Morgan fingerprint density at radius 1 is 1.32 bits per heavy atom. The van der Waals surface area contributed by atoms with E-state index in [1.54, 1.807) is 7.11 Å². The van der Waals surface area contributed by atoms with Gasteiger partial charge < -0.3 is 14.4 Å². The number of carbonyl (C=O) groups excluding carboxylic acids is 1. The largest absolute Gasteiger partial charge is 0.495 e. The minimum absolute atomic E-state index is 0.00549. The van der Waals surface area contributed by atoms with Crippen molar-refractivity contribution in [3.63, 3.8) is 0 Å². The van der Waals surface area contributed by atoms with Gasteiger partial charge in [0.1, 0.15) is 5.75 Å². The minimum atomic E-state index is 0.00549. The SMILES string of the molecule is COc1ccc(C(=O)C(C)C)cc1N1CCOCC1. The van der Waals surface area contributed by atoms with Gasteiger partial charge in [-0.15, -0.1) is 0 Å². The van der Waals surface area contributed by atoms with Gasteiger partial charge >= 0.3 is 0 Å². The van der Waals surface area contributed by atoms with Crippen LogP contribution in [0.5, 0.6) is 5.75 Å². The van der Waals surface area contributed by atoms with E-state index in [0.29, 0.717) is 13.2 Å². The Labute approximate surface area is 114 Å². The lowest BCUT2D eigenvalue weighted by Crippen LogP contribution is -2.36. The van der Waals surface area contributed by atoms with Gasteiger partial charge in [0.05, 0.1) is 26.0 Å². The predicted octanol–water partition coefficient (Wildman–Crippen LogP) is 2.37. The molecule has 19 heavy (non-hydrogen) atoms. The maximum atomic E-state index is 12.1. The second-order valence-electron chi connectivity index (χ2n) is 5.00. The summed E-state index contributed by atoms with van der Waals surface area (Å²) in [6.07, 6.45) is 0. The lowest BCUT2D eigenvalue weighted by Gasteiger charge is -2.30. The summed E-state index contributed by atoms with van der Waals surface area (Å²) >= 11 is 0. The Kier molecular flexibility index (Phi) is 4.43. The monoisotopic (exact) mass is 263 g/mol. The maximum Gasteiger partial charge on any atom is 0.165 e. The quantitative estimate of drug-likeness (QED) is 0.782. The minimum Gasteiger partial charge on any atom is -0.495 e. The van der Waals surface area contributed by atoms with Crippen LogP contribution in [-0.2, 0) is 4.74 Å². The Morgan fingerprint density at radius 3 is 2.58 bits per heavy atom. The van der Waals surface area contributed by atoms with Crippen molar-refractivity contribution in [3.05, 3.63) is 23.8 Å². The van der Waals surface area contributed by atoms with Crippen molar-refractivity contribution in [1.82, 2.24) is 0 Å². The topological polar surface area (TPSA) is 38.8 Å². The molecule has 0 N–H and O–H groups in total. The number of carbonyl (C=O) groups is 1. The molecule has 1 heterocycles. The van der Waals surface area contributed by atoms with Gasteiger partial charge in [-0.25, -0.2) is 0 Å². The number of hydrogen-bond donors (Lipinski definition) is 0. The summed E-state index contributed by atoms with van der Waals surface area (Å²) in [5.74, 6) is 0.977. The normalized spacial score (nSPS) is 15.7. The highest BCUT2D eigenvalue weighted by Gasteiger charge is 2.18. The fourth-order valence-electron chi connectivity index (χ4n) is 2.23. The van der Waals surface area contributed by atoms with Gasteiger partial charge in [-0.05, 0) is 18.2 Å². The second-order valence-corrected chi connectivity index (χ2v) is 5.00. The average molecular weight is 263 g/mol. The Bertz CT molecular complexity index is 451. The van der Waals surface area contributed by atoms with E-state index < -0.39 is 0 Å². The van der Waals surface area contributed by atoms with Gasteiger partial charge in [-0.1, -0.05) is 13.8 Å². The molecule has 0 atom stereocenters. The third kappa shape index (κ3) is 3.07. The fourth-order valence-corrected chi connectivity index (χ4v) is 2.23. The van der Waals surface area contributed by atoms with E-state index in [-0.39, 0.29) is 11.7 Å². The van der Waals surface area contributed by atoms with Crippen molar-refractivity contribution in [3.8, 4) is 5.75 Å². The molecule has 0 aliphatic carbocycles. The number of hydrogen-bond acceptors (Lipinski definition) is 4. The molecule has 1 aliphatic rings. The van der Waals surface area contributed by atoms with Crippen molar-refractivity contribution in [2.24, 2.45) is 5.92 Å².